The topological polar surface area (TPSA) is 57.7 Å². The van der Waals surface area contributed by atoms with Gasteiger partial charge in [-0.05, 0) is 38.4 Å². The summed E-state index contributed by atoms with van der Waals surface area (Å²) in [5.74, 6) is 0.238. The van der Waals surface area contributed by atoms with Crippen LogP contribution in [0.1, 0.15) is 34.8 Å². The van der Waals surface area contributed by atoms with E-state index in [1.54, 1.807) is 0 Å². The van der Waals surface area contributed by atoms with Gasteiger partial charge in [0.1, 0.15) is 0 Å². The first kappa shape index (κ1) is 17.4. The molecule has 0 aromatic heterocycles. The highest BCUT2D eigenvalue weighted by Crippen LogP contribution is 2.29. The Hall–Kier alpha value is -1.40. The van der Waals surface area contributed by atoms with Crippen molar-refractivity contribution in [3.05, 3.63) is 34.9 Å². The smallest absolute Gasteiger partial charge is 0.254 e. The molecule has 132 valence electrons. The van der Waals surface area contributed by atoms with E-state index < -0.39 is 9.84 Å². The second-order valence-electron chi connectivity index (χ2n) is 7.06. The summed E-state index contributed by atoms with van der Waals surface area (Å²) in [5.41, 5.74) is 2.69. The van der Waals surface area contributed by atoms with Gasteiger partial charge in [0, 0.05) is 24.7 Å². The molecule has 1 aromatic carbocycles. The number of aryl methyl sites for hydroxylation is 2. The highest BCUT2D eigenvalue weighted by atomic mass is 32.2. The third-order valence-corrected chi connectivity index (χ3v) is 6.88. The highest BCUT2D eigenvalue weighted by molar-refractivity contribution is 7.91. The van der Waals surface area contributed by atoms with Crippen LogP contribution in [0.4, 0.5) is 0 Å². The second-order valence-corrected chi connectivity index (χ2v) is 9.22. The highest BCUT2D eigenvalue weighted by Gasteiger charge is 2.47. The van der Waals surface area contributed by atoms with Crippen LogP contribution >= 0.6 is 0 Å². The molecule has 0 saturated carbocycles. The summed E-state index contributed by atoms with van der Waals surface area (Å²) in [6.45, 7) is 8.25. The summed E-state index contributed by atoms with van der Waals surface area (Å²) in [6.07, 6.45) is 0.994. The molecule has 2 fully saturated rings. The van der Waals surface area contributed by atoms with E-state index in [-0.39, 0.29) is 29.5 Å². The molecule has 2 unspecified atom stereocenters. The van der Waals surface area contributed by atoms with E-state index in [2.05, 4.69) is 11.8 Å². The molecule has 0 bridgehead atoms. The van der Waals surface area contributed by atoms with Crippen LogP contribution in [0, 0.1) is 13.8 Å². The molecule has 6 heteroatoms. The van der Waals surface area contributed by atoms with Crippen LogP contribution in [-0.4, -0.2) is 67.3 Å². The lowest BCUT2D eigenvalue weighted by Gasteiger charge is -2.44. The predicted octanol–water partition coefficient (Wildman–Crippen LogP) is 1.64. The number of carbonyl (C=O) groups is 1. The molecule has 2 aliphatic rings. The molecule has 5 nitrogen and oxygen atoms in total. The molecule has 0 N–H and O–H groups in total. The molecule has 1 aromatic rings. The normalized spacial score (nSPS) is 26.4. The van der Waals surface area contributed by atoms with E-state index in [0.717, 1.165) is 30.6 Å². The van der Waals surface area contributed by atoms with Gasteiger partial charge >= 0.3 is 0 Å². The van der Waals surface area contributed by atoms with Crippen molar-refractivity contribution >= 4 is 15.7 Å². The van der Waals surface area contributed by atoms with Crippen molar-refractivity contribution in [2.45, 2.75) is 39.3 Å². The molecule has 2 aliphatic heterocycles. The lowest BCUT2D eigenvalue weighted by molar-refractivity contribution is 0.0332. The Morgan fingerprint density at radius 1 is 1.17 bits per heavy atom. The van der Waals surface area contributed by atoms with E-state index in [4.69, 9.17) is 0 Å². The van der Waals surface area contributed by atoms with Gasteiger partial charge in [-0.25, -0.2) is 8.42 Å². The van der Waals surface area contributed by atoms with Crippen molar-refractivity contribution in [1.29, 1.82) is 0 Å². The molecular formula is C18H26N2O3S. The van der Waals surface area contributed by atoms with Gasteiger partial charge in [-0.2, -0.15) is 0 Å². The lowest BCUT2D eigenvalue weighted by Crippen LogP contribution is -2.60. The van der Waals surface area contributed by atoms with Crippen LogP contribution in [0.3, 0.4) is 0 Å². The summed E-state index contributed by atoms with van der Waals surface area (Å²) in [5, 5.41) is 0. The van der Waals surface area contributed by atoms with Crippen molar-refractivity contribution in [2.24, 2.45) is 0 Å². The Morgan fingerprint density at radius 2 is 1.88 bits per heavy atom. The fraction of sp³-hybridized carbons (Fsp3) is 0.611. The van der Waals surface area contributed by atoms with Crippen LogP contribution in [-0.2, 0) is 9.84 Å². The summed E-state index contributed by atoms with van der Waals surface area (Å²) in [7, 11) is -3.08. The number of hydrogen-bond acceptors (Lipinski definition) is 4. The SMILES string of the molecule is CCCN1CCN(C(=O)c2cc(C)ccc2C)C2CS(=O)(=O)CC21. The van der Waals surface area contributed by atoms with Crippen LogP contribution < -0.4 is 0 Å². The molecule has 2 atom stereocenters. The minimum Gasteiger partial charge on any atom is -0.332 e. The monoisotopic (exact) mass is 350 g/mol. The van der Waals surface area contributed by atoms with Gasteiger partial charge in [0.25, 0.3) is 5.91 Å². The Bertz CT molecular complexity index is 745. The van der Waals surface area contributed by atoms with Gasteiger partial charge < -0.3 is 4.90 Å². The van der Waals surface area contributed by atoms with Crippen molar-refractivity contribution < 1.29 is 13.2 Å². The maximum atomic E-state index is 13.1. The molecule has 0 spiro atoms. The van der Waals surface area contributed by atoms with Crippen LogP contribution in [0.5, 0.6) is 0 Å². The zero-order valence-electron chi connectivity index (χ0n) is 14.7. The third-order valence-electron chi connectivity index (χ3n) is 5.19. The maximum Gasteiger partial charge on any atom is 0.254 e. The van der Waals surface area contributed by atoms with Crippen LogP contribution in [0.25, 0.3) is 0 Å². The number of hydrogen-bond donors (Lipinski definition) is 0. The van der Waals surface area contributed by atoms with Gasteiger partial charge in [-0.3, -0.25) is 9.69 Å². The number of sulfone groups is 1. The van der Waals surface area contributed by atoms with Crippen molar-refractivity contribution in [2.75, 3.05) is 31.1 Å². The molecule has 2 saturated heterocycles. The minimum atomic E-state index is -3.08. The Balaban J connectivity index is 1.91. The van der Waals surface area contributed by atoms with Gasteiger partial charge in [-0.1, -0.05) is 24.6 Å². The van der Waals surface area contributed by atoms with Gasteiger partial charge in [0.05, 0.1) is 17.5 Å². The first-order valence-electron chi connectivity index (χ1n) is 8.65. The number of benzene rings is 1. The molecular weight excluding hydrogens is 324 g/mol. The fourth-order valence-electron chi connectivity index (χ4n) is 3.96. The molecule has 1 amide bonds. The number of piperazine rings is 1. The van der Waals surface area contributed by atoms with E-state index in [1.807, 2.05) is 36.9 Å². The molecule has 2 heterocycles. The molecule has 24 heavy (non-hydrogen) atoms. The molecule has 3 rings (SSSR count). The quantitative estimate of drug-likeness (QED) is 0.831. The van der Waals surface area contributed by atoms with E-state index >= 15 is 0 Å². The summed E-state index contributed by atoms with van der Waals surface area (Å²) < 4.78 is 24.4. The summed E-state index contributed by atoms with van der Waals surface area (Å²) in [6, 6.07) is 5.59. The molecule has 0 aliphatic carbocycles. The summed E-state index contributed by atoms with van der Waals surface area (Å²) in [4.78, 5) is 17.2. The van der Waals surface area contributed by atoms with Crippen LogP contribution in [0.2, 0.25) is 0 Å². The number of fused-ring (bicyclic) bond motifs is 1. The Kier molecular flexibility index (Phi) is 4.71. The van der Waals surface area contributed by atoms with Gasteiger partial charge in [0.2, 0.25) is 0 Å². The van der Waals surface area contributed by atoms with Crippen molar-refractivity contribution in [3.8, 4) is 0 Å². The zero-order chi connectivity index (χ0) is 17.5. The van der Waals surface area contributed by atoms with Gasteiger partial charge in [-0.15, -0.1) is 0 Å². The zero-order valence-corrected chi connectivity index (χ0v) is 15.5. The lowest BCUT2D eigenvalue weighted by atomic mass is 10.00. The Labute approximate surface area is 144 Å². The van der Waals surface area contributed by atoms with Gasteiger partial charge in [0.15, 0.2) is 9.84 Å². The number of amides is 1. The van der Waals surface area contributed by atoms with Crippen molar-refractivity contribution in [3.63, 3.8) is 0 Å². The van der Waals surface area contributed by atoms with E-state index in [1.165, 1.54) is 0 Å². The van der Waals surface area contributed by atoms with Crippen molar-refractivity contribution in [1.82, 2.24) is 9.80 Å². The average molecular weight is 350 g/mol. The average Bonchev–Trinajstić information content (AvgIpc) is 2.85. The predicted molar refractivity (Wildman–Crippen MR) is 95.0 cm³/mol. The third kappa shape index (κ3) is 3.22. The number of nitrogens with zero attached hydrogens (tertiary/aromatic N) is 2. The molecule has 0 radical (unpaired) electrons. The summed E-state index contributed by atoms with van der Waals surface area (Å²) >= 11 is 0. The minimum absolute atomic E-state index is 0.0283. The second kappa shape index (κ2) is 6.48. The Morgan fingerprint density at radius 3 is 2.58 bits per heavy atom. The first-order valence-corrected chi connectivity index (χ1v) is 10.5. The number of rotatable bonds is 3. The van der Waals surface area contributed by atoms with Crippen LogP contribution in [0.15, 0.2) is 18.2 Å². The largest absolute Gasteiger partial charge is 0.332 e. The van der Waals surface area contributed by atoms with E-state index in [9.17, 15) is 13.2 Å². The maximum absolute atomic E-state index is 13.1. The van der Waals surface area contributed by atoms with E-state index in [0.29, 0.717) is 12.1 Å². The standard InChI is InChI=1S/C18H26N2O3S/c1-4-7-19-8-9-20(17-12-24(22,23)11-16(17)19)18(21)15-10-13(2)5-6-14(15)3/h5-6,10,16-17H,4,7-9,11-12H2,1-3H3. The number of carbonyl (C=O) groups excluding carboxylic acids is 1. The first-order chi connectivity index (χ1) is 11.3. The fourth-order valence-corrected chi connectivity index (χ4v) is 5.97.